The van der Waals surface area contributed by atoms with E-state index in [-0.39, 0.29) is 23.8 Å². The first-order valence-corrected chi connectivity index (χ1v) is 12.1. The summed E-state index contributed by atoms with van der Waals surface area (Å²) in [5.41, 5.74) is 0.924. The third-order valence-electron chi connectivity index (χ3n) is 5.27. The number of halogens is 1. The van der Waals surface area contributed by atoms with E-state index >= 15 is 0 Å². The number of aliphatic hydroxyl groups excluding tert-OH is 1. The molecule has 0 radical (unpaired) electrons. The molecular weight excluding hydrogens is 456 g/mol. The summed E-state index contributed by atoms with van der Waals surface area (Å²) in [6.07, 6.45) is -0.118. The topological polar surface area (TPSA) is 114 Å². The van der Waals surface area contributed by atoms with Gasteiger partial charge in [-0.1, -0.05) is 29.8 Å². The molecule has 0 bridgehead atoms. The molecule has 0 aromatic heterocycles. The van der Waals surface area contributed by atoms with Crippen molar-refractivity contribution in [3.05, 3.63) is 59.1 Å². The predicted octanol–water partition coefficient (Wildman–Crippen LogP) is 2.24. The lowest BCUT2D eigenvalue weighted by atomic mass is 9.98. The third-order valence-corrected chi connectivity index (χ3v) is 7.01. The molecule has 1 amide bonds. The van der Waals surface area contributed by atoms with E-state index in [1.54, 1.807) is 24.3 Å². The molecule has 1 aliphatic heterocycles. The molecule has 2 aromatic carbocycles. The monoisotopic (exact) mass is 482 g/mol. The molecule has 0 unspecified atom stereocenters. The van der Waals surface area contributed by atoms with E-state index in [0.717, 1.165) is 5.56 Å². The summed E-state index contributed by atoms with van der Waals surface area (Å²) in [5.74, 6) is 0.244. The highest BCUT2D eigenvalue weighted by atomic mass is 35.5. The Balaban J connectivity index is 1.53. The van der Waals surface area contributed by atoms with Gasteiger partial charge < -0.3 is 19.9 Å². The van der Waals surface area contributed by atoms with E-state index in [0.29, 0.717) is 30.2 Å². The highest BCUT2D eigenvalue weighted by molar-refractivity contribution is 7.89. The van der Waals surface area contributed by atoms with Crippen LogP contribution in [0.1, 0.15) is 24.8 Å². The van der Waals surface area contributed by atoms with Crippen LogP contribution in [0.25, 0.3) is 0 Å². The van der Waals surface area contributed by atoms with Crippen LogP contribution in [-0.2, 0) is 26.1 Å². The summed E-state index contributed by atoms with van der Waals surface area (Å²) in [4.78, 5) is 12.4. The summed E-state index contributed by atoms with van der Waals surface area (Å²) in [6, 6.07) is 12.7. The van der Waals surface area contributed by atoms with Crippen LogP contribution in [0.5, 0.6) is 5.75 Å². The van der Waals surface area contributed by atoms with Gasteiger partial charge in [0.15, 0.2) is 0 Å². The zero-order valence-electron chi connectivity index (χ0n) is 17.7. The van der Waals surface area contributed by atoms with Gasteiger partial charge in [-0.15, -0.1) is 0 Å². The van der Waals surface area contributed by atoms with Crippen LogP contribution in [0.2, 0.25) is 5.02 Å². The molecule has 10 heteroatoms. The quantitative estimate of drug-likeness (QED) is 0.505. The number of rotatable bonds is 9. The van der Waals surface area contributed by atoms with Gasteiger partial charge in [0.25, 0.3) is 0 Å². The molecule has 1 aliphatic rings. The summed E-state index contributed by atoms with van der Waals surface area (Å²) in [6.45, 7) is 0.00328. The maximum Gasteiger partial charge on any atom is 0.241 e. The number of methoxy groups -OCH3 is 1. The van der Waals surface area contributed by atoms with E-state index in [4.69, 9.17) is 21.1 Å². The molecule has 8 nitrogen and oxygen atoms in total. The van der Waals surface area contributed by atoms with Crippen LogP contribution < -0.4 is 14.8 Å². The summed E-state index contributed by atoms with van der Waals surface area (Å²) < 4.78 is 39.0. The van der Waals surface area contributed by atoms with Crippen molar-refractivity contribution in [3.63, 3.8) is 0 Å². The standard InChI is InChI=1S/C22H27ClN2O6S/c1-30-17-3-2-4-19(11-17)32(28,29)25-20-10-9-18(31-21(20)14-26)12-22(27)24-13-15-5-7-16(23)8-6-15/h2-8,11,18,20-21,25-26H,9-10,12-14H2,1H3,(H,24,27)/t18-,20+,21+/m1/s1. The van der Waals surface area contributed by atoms with Crippen molar-refractivity contribution in [2.75, 3.05) is 13.7 Å². The number of benzene rings is 2. The Kier molecular flexibility index (Phi) is 8.50. The van der Waals surface area contributed by atoms with Gasteiger partial charge in [-0.2, -0.15) is 0 Å². The molecule has 3 N–H and O–H groups in total. The lowest BCUT2D eigenvalue weighted by Gasteiger charge is -2.35. The molecule has 174 valence electrons. The SMILES string of the molecule is COc1cccc(S(=O)(=O)N[C@H]2CC[C@H](CC(=O)NCc3ccc(Cl)cc3)O[C@H]2CO)c1. The highest BCUT2D eigenvalue weighted by Crippen LogP contribution is 2.24. The van der Waals surface area contributed by atoms with E-state index in [1.165, 1.54) is 19.2 Å². The normalized spacial score (nSPS) is 21.2. The van der Waals surface area contributed by atoms with Crippen molar-refractivity contribution in [2.24, 2.45) is 0 Å². The number of hydrogen-bond acceptors (Lipinski definition) is 6. The number of carbonyl (C=O) groups is 1. The number of ether oxygens (including phenoxy) is 2. The maximum atomic E-state index is 12.8. The minimum Gasteiger partial charge on any atom is -0.497 e. The smallest absolute Gasteiger partial charge is 0.241 e. The van der Waals surface area contributed by atoms with Crippen molar-refractivity contribution in [1.29, 1.82) is 0 Å². The molecule has 1 fully saturated rings. The molecule has 32 heavy (non-hydrogen) atoms. The Morgan fingerprint density at radius 2 is 1.97 bits per heavy atom. The average molecular weight is 483 g/mol. The van der Waals surface area contributed by atoms with Crippen LogP contribution in [-0.4, -0.2) is 51.4 Å². The van der Waals surface area contributed by atoms with Crippen LogP contribution in [0.4, 0.5) is 0 Å². The van der Waals surface area contributed by atoms with Gasteiger partial charge in [-0.25, -0.2) is 13.1 Å². The third kappa shape index (κ3) is 6.66. The van der Waals surface area contributed by atoms with Crippen molar-refractivity contribution in [3.8, 4) is 5.75 Å². The first kappa shape index (κ1) is 24.5. The minimum atomic E-state index is -3.83. The Morgan fingerprint density at radius 1 is 1.22 bits per heavy atom. The highest BCUT2D eigenvalue weighted by Gasteiger charge is 2.34. The first-order valence-electron chi connectivity index (χ1n) is 10.2. The second-order valence-corrected chi connectivity index (χ2v) is 9.72. The number of nitrogens with one attached hydrogen (secondary N) is 2. The van der Waals surface area contributed by atoms with Gasteiger partial charge in [0.1, 0.15) is 5.75 Å². The molecular formula is C22H27ClN2O6S. The zero-order chi connectivity index (χ0) is 23.1. The van der Waals surface area contributed by atoms with Crippen molar-refractivity contribution in [2.45, 2.75) is 49.0 Å². The van der Waals surface area contributed by atoms with E-state index < -0.39 is 28.3 Å². The van der Waals surface area contributed by atoms with Crippen LogP contribution >= 0.6 is 11.6 Å². The average Bonchev–Trinajstić information content (AvgIpc) is 2.79. The largest absolute Gasteiger partial charge is 0.497 e. The molecule has 1 saturated heterocycles. The lowest BCUT2D eigenvalue weighted by molar-refractivity contribution is -0.130. The number of aliphatic hydroxyl groups is 1. The van der Waals surface area contributed by atoms with E-state index in [2.05, 4.69) is 10.0 Å². The summed E-state index contributed by atoms with van der Waals surface area (Å²) in [5, 5.41) is 13.2. The molecule has 0 spiro atoms. The zero-order valence-corrected chi connectivity index (χ0v) is 19.2. The van der Waals surface area contributed by atoms with Gasteiger partial charge in [-0.05, 0) is 42.7 Å². The van der Waals surface area contributed by atoms with Gasteiger partial charge in [-0.3, -0.25) is 4.79 Å². The Morgan fingerprint density at radius 3 is 2.66 bits per heavy atom. The Bertz CT molecular complexity index is 1020. The number of hydrogen-bond donors (Lipinski definition) is 3. The van der Waals surface area contributed by atoms with Gasteiger partial charge in [0.05, 0.1) is 43.3 Å². The maximum absolute atomic E-state index is 12.8. The second kappa shape index (κ2) is 11.1. The molecule has 0 saturated carbocycles. The second-order valence-electron chi connectivity index (χ2n) is 7.57. The van der Waals surface area contributed by atoms with Crippen LogP contribution in [0.15, 0.2) is 53.4 Å². The molecule has 3 rings (SSSR count). The first-order chi connectivity index (χ1) is 15.3. The van der Waals surface area contributed by atoms with Crippen molar-refractivity contribution < 1.29 is 27.8 Å². The lowest BCUT2D eigenvalue weighted by Crippen LogP contribution is -2.51. The van der Waals surface area contributed by atoms with E-state index in [9.17, 15) is 18.3 Å². The molecule has 0 aliphatic carbocycles. The van der Waals surface area contributed by atoms with Gasteiger partial charge in [0.2, 0.25) is 15.9 Å². The van der Waals surface area contributed by atoms with Crippen LogP contribution in [0.3, 0.4) is 0 Å². The fourth-order valence-corrected chi connectivity index (χ4v) is 4.99. The van der Waals surface area contributed by atoms with Crippen molar-refractivity contribution in [1.82, 2.24) is 10.0 Å². The Hall–Kier alpha value is -2.17. The fraction of sp³-hybridized carbons (Fsp3) is 0.409. The molecule has 2 aromatic rings. The van der Waals surface area contributed by atoms with E-state index in [1.807, 2.05) is 12.1 Å². The predicted molar refractivity (Wildman–Crippen MR) is 120 cm³/mol. The van der Waals surface area contributed by atoms with Crippen molar-refractivity contribution >= 4 is 27.5 Å². The molecule has 1 heterocycles. The Labute approximate surface area is 192 Å². The van der Waals surface area contributed by atoms with Crippen LogP contribution in [0, 0.1) is 0 Å². The van der Waals surface area contributed by atoms with Gasteiger partial charge in [0, 0.05) is 17.6 Å². The molecule has 3 atom stereocenters. The number of amides is 1. The number of carbonyl (C=O) groups excluding carboxylic acids is 1. The number of sulfonamides is 1. The van der Waals surface area contributed by atoms with Gasteiger partial charge >= 0.3 is 0 Å². The fourth-order valence-electron chi connectivity index (χ4n) is 3.53. The summed E-state index contributed by atoms with van der Waals surface area (Å²) >= 11 is 5.86. The minimum absolute atomic E-state index is 0.0669. The summed E-state index contributed by atoms with van der Waals surface area (Å²) in [7, 11) is -2.37.